The number of likely N-dealkylation sites (tertiary alicyclic amines) is 1. The van der Waals surface area contributed by atoms with Gasteiger partial charge in [0, 0.05) is 52.8 Å². The maximum absolute atomic E-state index is 16.2. The molecular formula is C32H30Cl2FN5O2. The first-order valence-electron chi connectivity index (χ1n) is 13.9. The summed E-state index contributed by atoms with van der Waals surface area (Å²) >= 11 is 12.8. The Kier molecular flexibility index (Phi) is 6.21. The minimum absolute atomic E-state index is 0. The number of carbonyl (C=O) groups is 2. The van der Waals surface area contributed by atoms with Gasteiger partial charge in [0.05, 0.1) is 16.1 Å². The number of nitrogens with zero attached hydrogens (tertiary/aromatic N) is 3. The van der Waals surface area contributed by atoms with Crippen LogP contribution in [-0.4, -0.2) is 38.9 Å². The Morgan fingerprint density at radius 1 is 1.12 bits per heavy atom. The van der Waals surface area contributed by atoms with Gasteiger partial charge >= 0.3 is 0 Å². The number of anilines is 1. The second kappa shape index (κ2) is 9.53. The van der Waals surface area contributed by atoms with Gasteiger partial charge in [0.25, 0.3) is 0 Å². The predicted molar refractivity (Wildman–Crippen MR) is 161 cm³/mol. The summed E-state index contributed by atoms with van der Waals surface area (Å²) in [5.74, 6) is -0.930. The van der Waals surface area contributed by atoms with Crippen molar-refractivity contribution < 1.29 is 14.0 Å². The van der Waals surface area contributed by atoms with E-state index in [4.69, 9.17) is 33.9 Å². The van der Waals surface area contributed by atoms with E-state index in [1.54, 1.807) is 42.5 Å². The molecule has 8 rings (SSSR count). The van der Waals surface area contributed by atoms with Crippen molar-refractivity contribution in [3.8, 4) is 0 Å². The molecule has 1 spiro atoms. The van der Waals surface area contributed by atoms with Gasteiger partial charge in [0.1, 0.15) is 17.2 Å². The van der Waals surface area contributed by atoms with Crippen LogP contribution in [0, 0.1) is 11.7 Å². The Labute approximate surface area is 252 Å². The monoisotopic (exact) mass is 605 g/mol. The quantitative estimate of drug-likeness (QED) is 0.280. The van der Waals surface area contributed by atoms with Crippen molar-refractivity contribution in [2.45, 2.75) is 56.7 Å². The van der Waals surface area contributed by atoms with Crippen LogP contribution < -0.4 is 11.1 Å². The molecule has 0 unspecified atom stereocenters. The molecule has 3 aromatic carbocycles. The van der Waals surface area contributed by atoms with Crippen LogP contribution in [0.1, 0.15) is 65.8 Å². The average molecular weight is 607 g/mol. The smallest absolute Gasteiger partial charge is 0.250 e. The summed E-state index contributed by atoms with van der Waals surface area (Å²) in [5, 5.41) is 3.64. The van der Waals surface area contributed by atoms with Crippen LogP contribution in [0.15, 0.2) is 54.6 Å². The molecule has 1 saturated heterocycles. The second-order valence-corrected chi connectivity index (χ2v) is 12.5. The lowest BCUT2D eigenvalue weighted by atomic mass is 9.70. The Bertz CT molecular complexity index is 1800. The van der Waals surface area contributed by atoms with Gasteiger partial charge < -0.3 is 15.6 Å². The lowest BCUT2D eigenvalue weighted by Crippen LogP contribution is -2.53. The van der Waals surface area contributed by atoms with Crippen molar-refractivity contribution in [2.24, 2.45) is 11.7 Å². The maximum atomic E-state index is 16.2. The van der Waals surface area contributed by atoms with Gasteiger partial charge in [-0.15, -0.1) is 0 Å². The molecule has 4 aromatic rings. The average Bonchev–Trinajstić information content (AvgIpc) is 3.54. The SMILES string of the molecule is C.NC(=O)c1ccc2nc3n(c2c1)CC[C@H]1[C@@H]3[C@H](c2cccc(Cl)c2F)[C@]2(C(=O)Nc3cc(Cl)ccc32)N1CC1CC1. The van der Waals surface area contributed by atoms with Gasteiger partial charge in [-0.2, -0.15) is 0 Å². The zero-order chi connectivity index (χ0) is 28.2. The third-order valence-corrected chi connectivity index (χ3v) is 10.1. The summed E-state index contributed by atoms with van der Waals surface area (Å²) in [5.41, 5.74) is 8.19. The van der Waals surface area contributed by atoms with Crippen LogP contribution in [0.5, 0.6) is 0 Å². The van der Waals surface area contributed by atoms with Gasteiger partial charge in [-0.05, 0) is 67.1 Å². The zero-order valence-electron chi connectivity index (χ0n) is 21.9. The fourth-order valence-electron chi connectivity index (χ4n) is 7.74. The number of halogens is 3. The first-order chi connectivity index (χ1) is 19.8. The first kappa shape index (κ1) is 27.4. The van der Waals surface area contributed by atoms with E-state index in [1.807, 2.05) is 6.07 Å². The number of rotatable bonds is 4. The Morgan fingerprint density at radius 3 is 2.69 bits per heavy atom. The van der Waals surface area contributed by atoms with Crippen molar-refractivity contribution >= 4 is 51.7 Å². The Hall–Kier alpha value is -3.46. The van der Waals surface area contributed by atoms with Gasteiger partial charge in [0.2, 0.25) is 11.8 Å². The van der Waals surface area contributed by atoms with E-state index in [0.29, 0.717) is 34.3 Å². The highest BCUT2D eigenvalue weighted by molar-refractivity contribution is 6.31. The standard InChI is InChI=1S/C31H26Cl2FN5O2.CH4/c32-17-7-8-19-22(13-17)37-30(41)31(19)26(18-2-1-3-20(33)27(18)34)25-23(39(31)14-15-4-5-15)10-11-38-24-12-16(28(35)40)6-9-21(24)36-29(25)38;/h1-3,6-9,12-13,15,23,25-26H,4-5,10-11,14H2,(H2,35,40)(H,37,41);1H4/t23-,25+,26-,31+;/m0./s1. The number of benzene rings is 3. The minimum atomic E-state index is -1.19. The normalized spacial score (nSPS) is 26.1. The summed E-state index contributed by atoms with van der Waals surface area (Å²) in [6.45, 7) is 1.37. The second-order valence-electron chi connectivity index (χ2n) is 11.7. The largest absolute Gasteiger partial charge is 0.366 e. The molecule has 42 heavy (non-hydrogen) atoms. The summed E-state index contributed by atoms with van der Waals surface area (Å²) in [6, 6.07) is 15.7. The molecule has 0 radical (unpaired) electrons. The molecular weight excluding hydrogens is 576 g/mol. The third-order valence-electron chi connectivity index (χ3n) is 9.54. The fourth-order valence-corrected chi connectivity index (χ4v) is 8.10. The summed E-state index contributed by atoms with van der Waals surface area (Å²) in [4.78, 5) is 33.9. The van der Waals surface area contributed by atoms with Crippen LogP contribution in [0.4, 0.5) is 10.1 Å². The minimum Gasteiger partial charge on any atom is -0.366 e. The molecule has 4 aliphatic rings. The van der Waals surface area contributed by atoms with E-state index in [9.17, 15) is 9.59 Å². The number of carbonyl (C=O) groups excluding carboxylic acids is 2. The number of aromatic nitrogens is 2. The van der Waals surface area contributed by atoms with Crippen LogP contribution in [-0.2, 0) is 16.9 Å². The number of aryl methyl sites for hydroxylation is 1. The van der Waals surface area contributed by atoms with Crippen molar-refractivity contribution in [3.05, 3.63) is 93.0 Å². The molecule has 4 heterocycles. The number of hydrogen-bond acceptors (Lipinski definition) is 4. The summed E-state index contributed by atoms with van der Waals surface area (Å²) in [7, 11) is 0. The van der Waals surface area contributed by atoms with E-state index < -0.39 is 23.2 Å². The molecule has 1 aliphatic carbocycles. The molecule has 1 aromatic heterocycles. The topological polar surface area (TPSA) is 93.2 Å². The van der Waals surface area contributed by atoms with Crippen molar-refractivity contribution in [2.75, 3.05) is 11.9 Å². The zero-order valence-corrected chi connectivity index (χ0v) is 23.4. The van der Waals surface area contributed by atoms with E-state index >= 15 is 4.39 Å². The number of primary amides is 1. The number of imidazole rings is 1. The highest BCUT2D eigenvalue weighted by atomic mass is 35.5. The highest BCUT2D eigenvalue weighted by Crippen LogP contribution is 2.64. The number of nitrogens with one attached hydrogen (secondary N) is 1. The van der Waals surface area contributed by atoms with Crippen molar-refractivity contribution in [3.63, 3.8) is 0 Å². The van der Waals surface area contributed by atoms with Gasteiger partial charge in [-0.1, -0.05) is 48.8 Å². The van der Waals surface area contributed by atoms with Gasteiger partial charge in [-0.25, -0.2) is 9.37 Å². The lowest BCUT2D eigenvalue weighted by molar-refractivity contribution is -0.128. The maximum Gasteiger partial charge on any atom is 0.250 e. The molecule has 2 fully saturated rings. The number of fused-ring (bicyclic) bond motifs is 7. The predicted octanol–water partition coefficient (Wildman–Crippen LogP) is 6.43. The van der Waals surface area contributed by atoms with Crippen LogP contribution in [0.3, 0.4) is 0 Å². The van der Waals surface area contributed by atoms with Gasteiger partial charge in [0.15, 0.2) is 0 Å². The summed E-state index contributed by atoms with van der Waals surface area (Å²) < 4.78 is 18.3. The van der Waals surface area contributed by atoms with E-state index in [1.165, 1.54) is 6.07 Å². The highest BCUT2D eigenvalue weighted by Gasteiger charge is 2.69. The van der Waals surface area contributed by atoms with Crippen LogP contribution in [0.2, 0.25) is 10.0 Å². The number of hydrogen-bond donors (Lipinski definition) is 2. The molecule has 216 valence electrons. The third kappa shape index (κ3) is 3.64. The molecule has 3 aliphatic heterocycles. The van der Waals surface area contributed by atoms with Gasteiger partial charge in [-0.3, -0.25) is 14.5 Å². The fraction of sp³-hybridized carbons (Fsp3) is 0.344. The molecule has 2 amide bonds. The van der Waals surface area contributed by atoms with E-state index in [2.05, 4.69) is 14.8 Å². The van der Waals surface area contributed by atoms with Crippen molar-refractivity contribution in [1.29, 1.82) is 0 Å². The number of amides is 2. The summed E-state index contributed by atoms with van der Waals surface area (Å²) in [6.07, 6.45) is 2.93. The first-order valence-corrected chi connectivity index (χ1v) is 14.7. The van der Waals surface area contributed by atoms with Crippen LogP contribution in [0.25, 0.3) is 11.0 Å². The van der Waals surface area contributed by atoms with Crippen molar-refractivity contribution in [1.82, 2.24) is 14.5 Å². The molecule has 0 bridgehead atoms. The van der Waals surface area contributed by atoms with Crippen LogP contribution >= 0.6 is 23.2 Å². The Morgan fingerprint density at radius 2 is 1.93 bits per heavy atom. The lowest BCUT2D eigenvalue weighted by Gasteiger charge is -2.40. The molecule has 10 heteroatoms. The molecule has 3 N–H and O–H groups in total. The molecule has 7 nitrogen and oxygen atoms in total. The number of nitrogens with two attached hydrogens (primary N) is 1. The van der Waals surface area contributed by atoms with E-state index in [-0.39, 0.29) is 30.3 Å². The van der Waals surface area contributed by atoms with E-state index in [0.717, 1.165) is 48.2 Å². The Balaban J connectivity index is 0.00000288. The molecule has 4 atom stereocenters. The molecule has 1 saturated carbocycles.